The molecule has 1 atom stereocenters. The van der Waals surface area contributed by atoms with Gasteiger partial charge in [-0.1, -0.05) is 35.9 Å². The molecule has 2 aromatic carbocycles. The van der Waals surface area contributed by atoms with E-state index < -0.39 is 0 Å². The molecule has 6 nitrogen and oxygen atoms in total. The topological polar surface area (TPSA) is 78.5 Å². The Morgan fingerprint density at radius 1 is 1.00 bits per heavy atom. The lowest BCUT2D eigenvalue weighted by molar-refractivity contribution is -0.133. The Morgan fingerprint density at radius 2 is 1.59 bits per heavy atom. The molecule has 0 heterocycles. The summed E-state index contributed by atoms with van der Waals surface area (Å²) < 4.78 is 0. The SMILES string of the molecule is Cc1cc(C)c(NC(=O)CN(C)C(=O)CC(C)NC(=O)c2ccccc2)c(C)c1. The minimum absolute atomic E-state index is 0.0507. The normalized spacial score (nSPS) is 11.5. The highest BCUT2D eigenvalue weighted by molar-refractivity contribution is 5.96. The Kier molecular flexibility index (Phi) is 7.53. The van der Waals surface area contributed by atoms with Crippen LogP contribution in [0.5, 0.6) is 0 Å². The lowest BCUT2D eigenvalue weighted by atomic mass is 10.1. The van der Waals surface area contributed by atoms with Gasteiger partial charge in [-0.05, 0) is 51.0 Å². The van der Waals surface area contributed by atoms with Crippen LogP contribution in [0.15, 0.2) is 42.5 Å². The number of amides is 3. The summed E-state index contributed by atoms with van der Waals surface area (Å²) in [6.45, 7) is 7.62. The first-order valence-corrected chi connectivity index (χ1v) is 9.65. The number of aryl methyl sites for hydroxylation is 3. The van der Waals surface area contributed by atoms with Crippen LogP contribution in [-0.4, -0.2) is 42.3 Å². The van der Waals surface area contributed by atoms with E-state index in [9.17, 15) is 14.4 Å². The molecule has 0 saturated carbocycles. The van der Waals surface area contributed by atoms with E-state index in [2.05, 4.69) is 10.6 Å². The van der Waals surface area contributed by atoms with Gasteiger partial charge in [0.2, 0.25) is 11.8 Å². The summed E-state index contributed by atoms with van der Waals surface area (Å²) in [6.07, 6.45) is 0.116. The smallest absolute Gasteiger partial charge is 0.251 e. The summed E-state index contributed by atoms with van der Waals surface area (Å²) >= 11 is 0. The van der Waals surface area contributed by atoms with Gasteiger partial charge in [0.25, 0.3) is 5.91 Å². The molecule has 0 aromatic heterocycles. The van der Waals surface area contributed by atoms with Crippen LogP contribution in [0.2, 0.25) is 0 Å². The molecule has 0 aliphatic rings. The molecule has 0 aliphatic carbocycles. The maximum Gasteiger partial charge on any atom is 0.251 e. The number of carbonyl (C=O) groups is 3. The molecule has 6 heteroatoms. The fourth-order valence-electron chi connectivity index (χ4n) is 3.23. The summed E-state index contributed by atoms with van der Waals surface area (Å²) in [7, 11) is 1.59. The first-order chi connectivity index (χ1) is 13.7. The Balaban J connectivity index is 1.86. The number of hydrogen-bond donors (Lipinski definition) is 2. The third-order valence-electron chi connectivity index (χ3n) is 4.64. The molecule has 0 radical (unpaired) electrons. The summed E-state index contributed by atoms with van der Waals surface area (Å²) in [5, 5.41) is 5.70. The summed E-state index contributed by atoms with van der Waals surface area (Å²) in [4.78, 5) is 38.4. The van der Waals surface area contributed by atoms with Crippen molar-refractivity contribution in [2.24, 2.45) is 0 Å². The second kappa shape index (κ2) is 9.87. The van der Waals surface area contributed by atoms with Crippen molar-refractivity contribution in [1.29, 1.82) is 0 Å². The van der Waals surface area contributed by atoms with E-state index in [-0.39, 0.29) is 36.7 Å². The van der Waals surface area contributed by atoms with Crippen molar-refractivity contribution in [2.75, 3.05) is 18.9 Å². The fourth-order valence-corrected chi connectivity index (χ4v) is 3.23. The Bertz CT molecular complexity index is 870. The van der Waals surface area contributed by atoms with E-state index in [1.165, 1.54) is 4.90 Å². The third-order valence-corrected chi connectivity index (χ3v) is 4.64. The summed E-state index contributed by atoms with van der Waals surface area (Å²) in [6, 6.07) is 12.5. The number of hydrogen-bond acceptors (Lipinski definition) is 3. The van der Waals surface area contributed by atoms with Gasteiger partial charge in [0, 0.05) is 30.8 Å². The van der Waals surface area contributed by atoms with Crippen molar-refractivity contribution in [3.8, 4) is 0 Å². The molecular weight excluding hydrogens is 366 g/mol. The molecule has 2 N–H and O–H groups in total. The van der Waals surface area contributed by atoms with Gasteiger partial charge in [-0.25, -0.2) is 0 Å². The number of likely N-dealkylation sites (N-methyl/N-ethyl adjacent to an activating group) is 1. The van der Waals surface area contributed by atoms with E-state index in [0.717, 1.165) is 22.4 Å². The number of nitrogens with zero attached hydrogens (tertiary/aromatic N) is 1. The van der Waals surface area contributed by atoms with Crippen LogP contribution in [0.4, 0.5) is 5.69 Å². The maximum absolute atomic E-state index is 12.4. The number of carbonyl (C=O) groups excluding carboxylic acids is 3. The van der Waals surface area contributed by atoms with Gasteiger partial charge in [0.05, 0.1) is 6.54 Å². The van der Waals surface area contributed by atoms with Gasteiger partial charge >= 0.3 is 0 Å². The molecular formula is C23H29N3O3. The molecule has 154 valence electrons. The predicted molar refractivity (Wildman–Crippen MR) is 115 cm³/mol. The average molecular weight is 396 g/mol. The van der Waals surface area contributed by atoms with Gasteiger partial charge in [-0.2, -0.15) is 0 Å². The molecule has 0 aliphatic heterocycles. The van der Waals surface area contributed by atoms with Crippen molar-refractivity contribution in [3.05, 3.63) is 64.7 Å². The largest absolute Gasteiger partial charge is 0.349 e. The zero-order chi connectivity index (χ0) is 21.6. The molecule has 3 amide bonds. The molecule has 0 saturated heterocycles. The van der Waals surface area contributed by atoms with Gasteiger partial charge in [0.15, 0.2) is 0 Å². The van der Waals surface area contributed by atoms with E-state index in [1.54, 1.807) is 38.2 Å². The van der Waals surface area contributed by atoms with E-state index in [0.29, 0.717) is 5.56 Å². The second-order valence-corrected chi connectivity index (χ2v) is 7.52. The molecule has 2 aromatic rings. The van der Waals surface area contributed by atoms with Crippen LogP contribution in [-0.2, 0) is 9.59 Å². The van der Waals surface area contributed by atoms with E-state index in [4.69, 9.17) is 0 Å². The van der Waals surface area contributed by atoms with Crippen LogP contribution in [0.25, 0.3) is 0 Å². The van der Waals surface area contributed by atoms with Crippen LogP contribution in [0.3, 0.4) is 0 Å². The average Bonchev–Trinajstić information content (AvgIpc) is 2.65. The molecule has 29 heavy (non-hydrogen) atoms. The number of benzene rings is 2. The minimum atomic E-state index is -0.345. The standard InChI is InChI=1S/C23H29N3O3/c1-15-11-16(2)22(17(3)12-15)25-20(27)14-26(5)21(28)13-18(4)24-23(29)19-9-7-6-8-10-19/h6-12,18H,13-14H2,1-5H3,(H,24,29)(H,25,27). The Morgan fingerprint density at radius 3 is 2.17 bits per heavy atom. The van der Waals surface area contributed by atoms with Crippen LogP contribution >= 0.6 is 0 Å². The second-order valence-electron chi connectivity index (χ2n) is 7.52. The van der Waals surface area contributed by atoms with E-state index in [1.807, 2.05) is 39.0 Å². The highest BCUT2D eigenvalue weighted by Crippen LogP contribution is 2.21. The third kappa shape index (κ3) is 6.45. The van der Waals surface area contributed by atoms with Crippen molar-refractivity contribution in [3.63, 3.8) is 0 Å². The van der Waals surface area contributed by atoms with Gasteiger partial charge in [-0.15, -0.1) is 0 Å². The van der Waals surface area contributed by atoms with Crippen LogP contribution in [0, 0.1) is 20.8 Å². The molecule has 0 spiro atoms. The number of anilines is 1. The van der Waals surface area contributed by atoms with Crippen LogP contribution < -0.4 is 10.6 Å². The Labute approximate surface area is 172 Å². The summed E-state index contributed by atoms with van der Waals surface area (Å²) in [5.74, 6) is -0.688. The molecule has 0 fully saturated rings. The lowest BCUT2D eigenvalue weighted by Crippen LogP contribution is -2.40. The van der Waals surface area contributed by atoms with Crippen molar-refractivity contribution < 1.29 is 14.4 Å². The molecule has 2 rings (SSSR count). The predicted octanol–water partition coefficient (Wildman–Crippen LogP) is 3.22. The fraction of sp³-hybridized carbons (Fsp3) is 0.348. The van der Waals surface area contributed by atoms with E-state index >= 15 is 0 Å². The number of rotatable bonds is 7. The first-order valence-electron chi connectivity index (χ1n) is 9.65. The number of nitrogens with one attached hydrogen (secondary N) is 2. The van der Waals surface area contributed by atoms with Crippen molar-refractivity contribution >= 4 is 23.4 Å². The quantitative estimate of drug-likeness (QED) is 0.756. The summed E-state index contributed by atoms with van der Waals surface area (Å²) in [5.41, 5.74) is 4.44. The molecule has 0 bridgehead atoms. The van der Waals surface area contributed by atoms with Crippen molar-refractivity contribution in [2.45, 2.75) is 40.2 Å². The van der Waals surface area contributed by atoms with Crippen LogP contribution in [0.1, 0.15) is 40.4 Å². The zero-order valence-corrected chi connectivity index (χ0v) is 17.7. The lowest BCUT2D eigenvalue weighted by Gasteiger charge is -2.21. The highest BCUT2D eigenvalue weighted by Gasteiger charge is 2.18. The minimum Gasteiger partial charge on any atom is -0.349 e. The van der Waals surface area contributed by atoms with Crippen molar-refractivity contribution in [1.82, 2.24) is 10.2 Å². The Hall–Kier alpha value is -3.15. The monoisotopic (exact) mass is 395 g/mol. The zero-order valence-electron chi connectivity index (χ0n) is 17.7. The highest BCUT2D eigenvalue weighted by atomic mass is 16.2. The van der Waals surface area contributed by atoms with Gasteiger partial charge < -0.3 is 15.5 Å². The maximum atomic E-state index is 12.4. The molecule has 1 unspecified atom stereocenters. The van der Waals surface area contributed by atoms with Gasteiger partial charge in [0.1, 0.15) is 0 Å². The first kappa shape index (κ1) is 22.1. The van der Waals surface area contributed by atoms with Gasteiger partial charge in [-0.3, -0.25) is 14.4 Å².